The fourth-order valence-corrected chi connectivity index (χ4v) is 3.84. The minimum absolute atomic E-state index is 0.158. The molecule has 0 radical (unpaired) electrons. The molecule has 31 heavy (non-hydrogen) atoms. The zero-order valence-corrected chi connectivity index (χ0v) is 18.5. The minimum Gasteiger partial charge on any atom is -0.325 e. The fourth-order valence-electron chi connectivity index (χ4n) is 2.92. The number of hydrogen-bond donors (Lipinski definition) is 1. The highest BCUT2D eigenvalue weighted by Crippen LogP contribution is 2.27. The van der Waals surface area contributed by atoms with Gasteiger partial charge in [0.2, 0.25) is 5.91 Å². The predicted molar refractivity (Wildman–Crippen MR) is 123 cm³/mol. The number of nitrogens with one attached hydrogen (secondary N) is 1. The summed E-state index contributed by atoms with van der Waals surface area (Å²) in [6.45, 7) is 3.94. The second-order valence-electron chi connectivity index (χ2n) is 6.86. The van der Waals surface area contributed by atoms with Crippen molar-refractivity contribution in [1.29, 1.82) is 0 Å². The molecule has 4 rings (SSSR count). The van der Waals surface area contributed by atoms with Crippen LogP contribution in [-0.2, 0) is 4.79 Å². The summed E-state index contributed by atoms with van der Waals surface area (Å²) in [6, 6.07) is 13.4. The molecule has 0 saturated carbocycles. The number of benzene rings is 2. The van der Waals surface area contributed by atoms with E-state index >= 15 is 0 Å². The number of thioether (sulfide) groups is 1. The molecule has 0 aliphatic carbocycles. The Hall–Kier alpha value is -3.23. The average molecular weight is 451 g/mol. The maximum absolute atomic E-state index is 12.6. The second kappa shape index (κ2) is 9.28. The van der Waals surface area contributed by atoms with Crippen LogP contribution in [0.15, 0.2) is 66.2 Å². The molecule has 0 fully saturated rings. The van der Waals surface area contributed by atoms with Gasteiger partial charge in [0, 0.05) is 28.8 Å². The number of hydrogen-bond acceptors (Lipinski definition) is 6. The lowest BCUT2D eigenvalue weighted by atomic mass is 10.2. The van der Waals surface area contributed by atoms with E-state index < -0.39 is 0 Å². The highest BCUT2D eigenvalue weighted by Gasteiger charge is 2.18. The first-order valence-electron chi connectivity index (χ1n) is 9.49. The number of carbonyl (C=O) groups is 1. The van der Waals surface area contributed by atoms with Gasteiger partial charge in [0.05, 0.1) is 11.9 Å². The summed E-state index contributed by atoms with van der Waals surface area (Å²) in [5.74, 6) is 0.566. The van der Waals surface area contributed by atoms with Crippen LogP contribution in [-0.4, -0.2) is 36.4 Å². The standard InChI is InChI=1S/C22H19ClN6OS/c1-14-3-7-17(8-4-14)29-21(19-12-24-9-10-25-19)27-28-22(29)31-13-20(30)26-18-11-16(23)6-5-15(18)2/h3-12H,13H2,1-2H3,(H,26,30). The molecule has 1 amide bonds. The van der Waals surface area contributed by atoms with E-state index in [1.165, 1.54) is 11.8 Å². The van der Waals surface area contributed by atoms with Crippen molar-refractivity contribution in [2.45, 2.75) is 19.0 Å². The van der Waals surface area contributed by atoms with E-state index in [2.05, 4.69) is 25.5 Å². The van der Waals surface area contributed by atoms with Crippen LogP contribution in [0.5, 0.6) is 0 Å². The van der Waals surface area contributed by atoms with Gasteiger partial charge >= 0.3 is 0 Å². The number of aromatic nitrogens is 5. The zero-order chi connectivity index (χ0) is 21.8. The number of rotatable bonds is 6. The lowest BCUT2D eigenvalue weighted by Gasteiger charge is -2.11. The third-order valence-corrected chi connectivity index (χ3v) is 5.69. The summed E-state index contributed by atoms with van der Waals surface area (Å²) in [4.78, 5) is 21.0. The molecule has 0 bridgehead atoms. The van der Waals surface area contributed by atoms with E-state index in [0.717, 1.165) is 16.8 Å². The molecular formula is C22H19ClN6OS. The van der Waals surface area contributed by atoms with Crippen LogP contribution in [0.3, 0.4) is 0 Å². The highest BCUT2D eigenvalue weighted by atomic mass is 35.5. The highest BCUT2D eigenvalue weighted by molar-refractivity contribution is 7.99. The molecule has 0 unspecified atom stereocenters. The van der Waals surface area contributed by atoms with Gasteiger partial charge < -0.3 is 5.32 Å². The summed E-state index contributed by atoms with van der Waals surface area (Å²) in [6.07, 6.45) is 4.85. The molecule has 0 saturated heterocycles. The first-order valence-corrected chi connectivity index (χ1v) is 10.9. The number of nitrogens with zero attached hydrogens (tertiary/aromatic N) is 5. The minimum atomic E-state index is -0.158. The molecular weight excluding hydrogens is 432 g/mol. The molecule has 9 heteroatoms. The summed E-state index contributed by atoms with van der Waals surface area (Å²) < 4.78 is 1.88. The predicted octanol–water partition coefficient (Wildman–Crippen LogP) is 4.73. The van der Waals surface area contributed by atoms with E-state index in [9.17, 15) is 4.79 Å². The summed E-state index contributed by atoms with van der Waals surface area (Å²) in [7, 11) is 0. The van der Waals surface area contributed by atoms with E-state index in [-0.39, 0.29) is 11.7 Å². The second-order valence-corrected chi connectivity index (χ2v) is 8.24. The van der Waals surface area contributed by atoms with Crippen molar-refractivity contribution in [2.75, 3.05) is 11.1 Å². The van der Waals surface area contributed by atoms with Crippen LogP contribution in [0.25, 0.3) is 17.2 Å². The van der Waals surface area contributed by atoms with Gasteiger partial charge in [0.1, 0.15) is 5.69 Å². The summed E-state index contributed by atoms with van der Waals surface area (Å²) >= 11 is 7.34. The smallest absolute Gasteiger partial charge is 0.234 e. The molecule has 2 aromatic carbocycles. The molecule has 0 spiro atoms. The fraction of sp³-hybridized carbons (Fsp3) is 0.136. The van der Waals surface area contributed by atoms with Gasteiger partial charge in [-0.05, 0) is 43.7 Å². The third kappa shape index (κ3) is 4.92. The Morgan fingerprint density at radius 3 is 2.65 bits per heavy atom. The van der Waals surface area contributed by atoms with E-state index in [1.54, 1.807) is 30.7 Å². The summed E-state index contributed by atoms with van der Waals surface area (Å²) in [5.41, 5.74) is 4.25. The Morgan fingerprint density at radius 2 is 1.90 bits per heavy atom. The first kappa shape index (κ1) is 21.0. The van der Waals surface area contributed by atoms with Gasteiger partial charge in [-0.25, -0.2) is 4.98 Å². The van der Waals surface area contributed by atoms with Crippen molar-refractivity contribution in [3.63, 3.8) is 0 Å². The third-order valence-electron chi connectivity index (χ3n) is 4.52. The van der Waals surface area contributed by atoms with Crippen LogP contribution < -0.4 is 5.32 Å². The molecule has 156 valence electrons. The van der Waals surface area contributed by atoms with E-state index in [4.69, 9.17) is 11.6 Å². The van der Waals surface area contributed by atoms with Crippen molar-refractivity contribution >= 4 is 35.0 Å². The van der Waals surface area contributed by atoms with Gasteiger partial charge in [-0.1, -0.05) is 47.1 Å². The van der Waals surface area contributed by atoms with Gasteiger partial charge in [-0.15, -0.1) is 10.2 Å². The average Bonchev–Trinajstić information content (AvgIpc) is 3.20. The van der Waals surface area contributed by atoms with Crippen molar-refractivity contribution in [3.05, 3.63) is 77.2 Å². The maximum atomic E-state index is 12.6. The Balaban J connectivity index is 1.59. The molecule has 0 atom stereocenters. The normalized spacial score (nSPS) is 10.8. The van der Waals surface area contributed by atoms with Crippen molar-refractivity contribution in [1.82, 2.24) is 24.7 Å². The van der Waals surface area contributed by atoms with Crippen LogP contribution in [0.1, 0.15) is 11.1 Å². The maximum Gasteiger partial charge on any atom is 0.234 e. The van der Waals surface area contributed by atoms with Gasteiger partial charge in [0.15, 0.2) is 11.0 Å². The SMILES string of the molecule is Cc1ccc(-n2c(SCC(=O)Nc3cc(Cl)ccc3C)nnc2-c2cnccn2)cc1. The van der Waals surface area contributed by atoms with E-state index in [0.29, 0.717) is 27.4 Å². The van der Waals surface area contributed by atoms with Crippen molar-refractivity contribution in [3.8, 4) is 17.2 Å². The van der Waals surface area contributed by atoms with Gasteiger partial charge in [-0.2, -0.15) is 0 Å². The number of anilines is 1. The van der Waals surface area contributed by atoms with E-state index in [1.807, 2.05) is 48.7 Å². The molecule has 0 aliphatic heterocycles. The van der Waals surface area contributed by atoms with Crippen LogP contribution in [0, 0.1) is 13.8 Å². The number of amides is 1. The molecule has 7 nitrogen and oxygen atoms in total. The number of carbonyl (C=O) groups excluding carboxylic acids is 1. The lowest BCUT2D eigenvalue weighted by Crippen LogP contribution is -2.15. The lowest BCUT2D eigenvalue weighted by molar-refractivity contribution is -0.113. The zero-order valence-electron chi connectivity index (χ0n) is 16.9. The molecule has 2 heterocycles. The Kier molecular flexibility index (Phi) is 6.29. The largest absolute Gasteiger partial charge is 0.325 e. The van der Waals surface area contributed by atoms with Crippen LogP contribution >= 0.6 is 23.4 Å². The molecule has 2 aromatic heterocycles. The Labute approximate surface area is 188 Å². The Bertz CT molecular complexity index is 1210. The molecule has 0 aliphatic rings. The topological polar surface area (TPSA) is 85.6 Å². The van der Waals surface area contributed by atoms with Gasteiger partial charge in [-0.3, -0.25) is 14.3 Å². The first-order chi connectivity index (χ1) is 15.0. The van der Waals surface area contributed by atoms with Crippen molar-refractivity contribution < 1.29 is 4.79 Å². The van der Waals surface area contributed by atoms with Crippen LogP contribution in [0.2, 0.25) is 5.02 Å². The van der Waals surface area contributed by atoms with Crippen LogP contribution in [0.4, 0.5) is 5.69 Å². The number of aryl methyl sites for hydroxylation is 2. The molecule has 4 aromatic rings. The quantitative estimate of drug-likeness (QED) is 0.427. The molecule has 1 N–H and O–H groups in total. The monoisotopic (exact) mass is 450 g/mol. The number of halogens is 1. The Morgan fingerprint density at radius 1 is 1.10 bits per heavy atom. The summed E-state index contributed by atoms with van der Waals surface area (Å²) in [5, 5.41) is 12.7. The van der Waals surface area contributed by atoms with Crippen molar-refractivity contribution in [2.24, 2.45) is 0 Å². The van der Waals surface area contributed by atoms with Gasteiger partial charge in [0.25, 0.3) is 0 Å².